The number of fused-ring (bicyclic) bond motifs is 1. The summed E-state index contributed by atoms with van der Waals surface area (Å²) >= 11 is 1.21. The summed E-state index contributed by atoms with van der Waals surface area (Å²) in [7, 11) is 0. The van der Waals surface area contributed by atoms with Crippen LogP contribution in [0.25, 0.3) is 16.6 Å². The Kier molecular flexibility index (Phi) is 7.95. The van der Waals surface area contributed by atoms with E-state index in [-0.39, 0.29) is 22.8 Å². The topological polar surface area (TPSA) is 106 Å². The van der Waals surface area contributed by atoms with Gasteiger partial charge in [0.25, 0.3) is 5.56 Å². The number of benzene rings is 2. The molecule has 0 saturated heterocycles. The quantitative estimate of drug-likeness (QED) is 0.197. The molecule has 0 unspecified atom stereocenters. The van der Waals surface area contributed by atoms with E-state index >= 15 is 0 Å². The molecule has 0 saturated carbocycles. The number of rotatable bonds is 10. The van der Waals surface area contributed by atoms with Crippen molar-refractivity contribution in [3.8, 4) is 11.8 Å². The second-order valence-electron chi connectivity index (χ2n) is 8.03. The molecule has 8 nitrogen and oxygen atoms in total. The number of amides is 1. The minimum absolute atomic E-state index is 0.0323. The number of unbranched alkanes of at least 4 members (excludes halogenated alkanes) is 3. The number of aromatic nitrogens is 4. The van der Waals surface area contributed by atoms with Crippen LogP contribution in [0.5, 0.6) is 0 Å². The first-order chi connectivity index (χ1) is 17.1. The largest absolute Gasteiger partial charge is 0.309 e. The number of hydrogen-bond donors (Lipinski definition) is 1. The van der Waals surface area contributed by atoms with Crippen LogP contribution in [0.4, 0.5) is 5.82 Å². The van der Waals surface area contributed by atoms with Crippen LogP contribution in [0, 0.1) is 11.3 Å². The summed E-state index contributed by atoms with van der Waals surface area (Å²) < 4.78 is 3.20. The van der Waals surface area contributed by atoms with Crippen molar-refractivity contribution >= 4 is 34.4 Å². The SMILES string of the molecule is CCCCCCn1c(SCC(=O)Nc2c(C#N)cnn2-c2ccccc2)nc2ccccc2c1=O. The second-order valence-corrected chi connectivity index (χ2v) is 8.97. The lowest BCUT2D eigenvalue weighted by Gasteiger charge is -2.13. The van der Waals surface area contributed by atoms with Gasteiger partial charge in [0.15, 0.2) is 11.0 Å². The van der Waals surface area contributed by atoms with Crippen molar-refractivity contribution in [3.05, 3.63) is 76.7 Å². The molecule has 0 aliphatic carbocycles. The van der Waals surface area contributed by atoms with E-state index in [9.17, 15) is 14.9 Å². The average Bonchev–Trinajstić information content (AvgIpc) is 3.29. The molecule has 4 rings (SSSR count). The van der Waals surface area contributed by atoms with Crippen LogP contribution in [0.15, 0.2) is 70.7 Å². The van der Waals surface area contributed by atoms with E-state index in [1.54, 1.807) is 16.7 Å². The maximum Gasteiger partial charge on any atom is 0.262 e. The highest BCUT2D eigenvalue weighted by atomic mass is 32.2. The molecule has 0 spiro atoms. The molecule has 2 aromatic carbocycles. The van der Waals surface area contributed by atoms with Crippen molar-refractivity contribution in [3.63, 3.8) is 0 Å². The van der Waals surface area contributed by atoms with E-state index in [0.29, 0.717) is 28.4 Å². The first-order valence-electron chi connectivity index (χ1n) is 11.6. The molecule has 0 aliphatic heterocycles. The first kappa shape index (κ1) is 24.2. The molecule has 0 bridgehead atoms. The van der Waals surface area contributed by atoms with Crippen molar-refractivity contribution < 1.29 is 4.79 Å². The Hall–Kier alpha value is -3.90. The summed E-state index contributed by atoms with van der Waals surface area (Å²) in [5.41, 5.74) is 1.51. The van der Waals surface area contributed by atoms with E-state index in [1.165, 1.54) is 22.6 Å². The fraction of sp³-hybridized carbons (Fsp3) is 0.269. The van der Waals surface area contributed by atoms with Crippen LogP contribution in [0.1, 0.15) is 38.2 Å². The van der Waals surface area contributed by atoms with E-state index in [4.69, 9.17) is 0 Å². The minimum Gasteiger partial charge on any atom is -0.309 e. The molecule has 9 heteroatoms. The monoisotopic (exact) mass is 486 g/mol. The highest BCUT2D eigenvalue weighted by Crippen LogP contribution is 2.22. The van der Waals surface area contributed by atoms with Gasteiger partial charge in [-0.15, -0.1) is 0 Å². The number of nitrogens with zero attached hydrogens (tertiary/aromatic N) is 5. The molecule has 35 heavy (non-hydrogen) atoms. The lowest BCUT2D eigenvalue weighted by Crippen LogP contribution is -2.24. The maximum absolute atomic E-state index is 13.2. The fourth-order valence-electron chi connectivity index (χ4n) is 3.77. The van der Waals surface area contributed by atoms with Gasteiger partial charge in [-0.25, -0.2) is 9.67 Å². The number of nitriles is 1. The molecular formula is C26H26N6O2S. The molecule has 0 radical (unpaired) electrons. The lowest BCUT2D eigenvalue weighted by molar-refractivity contribution is -0.113. The van der Waals surface area contributed by atoms with Gasteiger partial charge < -0.3 is 5.32 Å². The maximum atomic E-state index is 13.2. The number of thioether (sulfide) groups is 1. The molecule has 178 valence electrons. The lowest BCUT2D eigenvalue weighted by atomic mass is 10.2. The van der Waals surface area contributed by atoms with Gasteiger partial charge in [-0.2, -0.15) is 10.4 Å². The van der Waals surface area contributed by atoms with Crippen LogP contribution in [0.3, 0.4) is 0 Å². The summed E-state index contributed by atoms with van der Waals surface area (Å²) in [6, 6.07) is 18.6. The first-order valence-corrected chi connectivity index (χ1v) is 12.6. The van der Waals surface area contributed by atoms with Gasteiger partial charge >= 0.3 is 0 Å². The zero-order chi connectivity index (χ0) is 24.6. The molecular weight excluding hydrogens is 460 g/mol. The van der Waals surface area contributed by atoms with E-state index in [2.05, 4.69) is 28.4 Å². The van der Waals surface area contributed by atoms with Crippen molar-refractivity contribution in [2.24, 2.45) is 0 Å². The summed E-state index contributed by atoms with van der Waals surface area (Å²) in [4.78, 5) is 30.7. The Balaban J connectivity index is 1.55. The molecule has 2 aromatic heterocycles. The summed E-state index contributed by atoms with van der Waals surface area (Å²) in [5, 5.41) is 17.6. The Labute approximate surface area is 207 Å². The third-order valence-electron chi connectivity index (χ3n) is 5.54. The molecule has 2 heterocycles. The van der Waals surface area contributed by atoms with E-state index < -0.39 is 0 Å². The predicted molar refractivity (Wildman–Crippen MR) is 138 cm³/mol. The minimum atomic E-state index is -0.316. The standard InChI is InChI=1S/C26H26N6O2S/c1-2-3-4-10-15-31-25(34)21-13-8-9-14-22(21)29-26(31)35-18-23(33)30-24-19(16-27)17-28-32(24)20-11-6-5-7-12-20/h5-9,11-14,17H,2-4,10,15,18H2,1H3,(H,30,33). The number of hydrogen-bond acceptors (Lipinski definition) is 6. The molecule has 1 N–H and O–H groups in total. The molecule has 0 atom stereocenters. The number of carbonyl (C=O) groups excluding carboxylic acids is 1. The molecule has 4 aromatic rings. The molecule has 1 amide bonds. The van der Waals surface area contributed by atoms with Crippen LogP contribution in [-0.2, 0) is 11.3 Å². The van der Waals surface area contributed by atoms with Crippen molar-refractivity contribution in [2.45, 2.75) is 44.3 Å². The fourth-order valence-corrected chi connectivity index (χ4v) is 4.59. The van der Waals surface area contributed by atoms with Gasteiger partial charge in [-0.1, -0.05) is 68.3 Å². The third-order valence-corrected chi connectivity index (χ3v) is 6.52. The Bertz CT molecular complexity index is 1420. The highest BCUT2D eigenvalue weighted by molar-refractivity contribution is 7.99. The van der Waals surface area contributed by atoms with Crippen molar-refractivity contribution in [1.82, 2.24) is 19.3 Å². The smallest absolute Gasteiger partial charge is 0.262 e. The Morgan fingerprint density at radius 2 is 1.86 bits per heavy atom. The van der Waals surface area contributed by atoms with Crippen LogP contribution >= 0.6 is 11.8 Å². The Morgan fingerprint density at radius 3 is 2.63 bits per heavy atom. The van der Waals surface area contributed by atoms with Crippen LogP contribution < -0.4 is 10.9 Å². The van der Waals surface area contributed by atoms with Crippen LogP contribution in [-0.4, -0.2) is 31.0 Å². The summed E-state index contributed by atoms with van der Waals surface area (Å²) in [6.07, 6.45) is 5.54. The zero-order valence-electron chi connectivity index (χ0n) is 19.5. The number of carbonyl (C=O) groups is 1. The van der Waals surface area contributed by atoms with Gasteiger partial charge in [0.05, 0.1) is 28.5 Å². The normalized spacial score (nSPS) is 10.9. The van der Waals surface area contributed by atoms with Gasteiger partial charge in [-0.05, 0) is 30.7 Å². The van der Waals surface area contributed by atoms with E-state index in [0.717, 1.165) is 31.4 Å². The van der Waals surface area contributed by atoms with Gasteiger partial charge in [0.1, 0.15) is 11.6 Å². The summed E-state index contributed by atoms with van der Waals surface area (Å²) in [5.74, 6) is 0.0294. The third kappa shape index (κ3) is 5.61. The van der Waals surface area contributed by atoms with Crippen molar-refractivity contribution in [2.75, 3.05) is 11.1 Å². The number of nitrogens with one attached hydrogen (secondary N) is 1. The van der Waals surface area contributed by atoms with Crippen LogP contribution in [0.2, 0.25) is 0 Å². The molecule has 0 fully saturated rings. The zero-order valence-corrected chi connectivity index (χ0v) is 20.3. The van der Waals surface area contributed by atoms with E-state index in [1.807, 2.05) is 42.5 Å². The van der Waals surface area contributed by atoms with Crippen molar-refractivity contribution in [1.29, 1.82) is 5.26 Å². The highest BCUT2D eigenvalue weighted by Gasteiger charge is 2.17. The second kappa shape index (κ2) is 11.5. The van der Waals surface area contributed by atoms with Gasteiger partial charge in [0, 0.05) is 6.54 Å². The summed E-state index contributed by atoms with van der Waals surface area (Å²) in [6.45, 7) is 2.70. The number of para-hydroxylation sites is 2. The average molecular weight is 487 g/mol. The number of anilines is 1. The van der Waals surface area contributed by atoms with Gasteiger partial charge in [-0.3, -0.25) is 14.2 Å². The predicted octanol–water partition coefficient (Wildman–Crippen LogP) is 4.76. The Morgan fingerprint density at radius 1 is 1.09 bits per heavy atom. The van der Waals surface area contributed by atoms with Gasteiger partial charge in [0.2, 0.25) is 5.91 Å². The molecule has 0 aliphatic rings.